The van der Waals surface area contributed by atoms with Crippen LogP contribution in [0.4, 0.5) is 0 Å². The molecular weight excluding hydrogens is 236 g/mol. The van der Waals surface area contributed by atoms with Crippen molar-refractivity contribution in [3.05, 3.63) is 0 Å². The van der Waals surface area contributed by atoms with Gasteiger partial charge in [-0.25, -0.2) is 0 Å². The Morgan fingerprint density at radius 2 is 2.00 bits per heavy atom. The Kier molecular flexibility index (Phi) is 5.43. The standard InChI is InChI=1S/C16H32N2O/c1-15(2,3)10-13-11-16(13,4)12-14(19)17-8-7-9-18(5)6/h13H,7-12H2,1-6H3,(H,17,19)/p+1. The average Bonchev–Trinajstić information content (AvgIpc) is 2.79. The van der Waals surface area contributed by atoms with Gasteiger partial charge < -0.3 is 10.2 Å². The number of amides is 1. The van der Waals surface area contributed by atoms with E-state index in [1.807, 2.05) is 0 Å². The zero-order valence-corrected chi connectivity index (χ0v) is 13.7. The van der Waals surface area contributed by atoms with Gasteiger partial charge in [0.1, 0.15) is 0 Å². The maximum atomic E-state index is 11.9. The van der Waals surface area contributed by atoms with E-state index in [0.29, 0.717) is 11.8 Å². The highest BCUT2D eigenvalue weighted by atomic mass is 16.1. The minimum Gasteiger partial charge on any atom is -0.356 e. The van der Waals surface area contributed by atoms with E-state index in [1.165, 1.54) is 17.7 Å². The molecule has 0 aromatic heterocycles. The fourth-order valence-electron chi connectivity index (χ4n) is 2.88. The number of quaternary nitrogens is 1. The molecule has 0 radical (unpaired) electrons. The van der Waals surface area contributed by atoms with E-state index >= 15 is 0 Å². The zero-order chi connectivity index (χ0) is 14.7. The summed E-state index contributed by atoms with van der Waals surface area (Å²) in [5.41, 5.74) is 0.650. The summed E-state index contributed by atoms with van der Waals surface area (Å²) in [6.07, 6.45) is 4.24. The second kappa shape index (κ2) is 6.25. The van der Waals surface area contributed by atoms with Crippen LogP contribution in [0.25, 0.3) is 0 Å². The fourth-order valence-corrected chi connectivity index (χ4v) is 2.88. The lowest BCUT2D eigenvalue weighted by atomic mass is 9.86. The topological polar surface area (TPSA) is 33.5 Å². The third kappa shape index (κ3) is 6.42. The molecule has 0 aromatic rings. The van der Waals surface area contributed by atoms with Crippen molar-refractivity contribution in [2.24, 2.45) is 16.7 Å². The maximum Gasteiger partial charge on any atom is 0.220 e. The summed E-state index contributed by atoms with van der Waals surface area (Å²) < 4.78 is 0. The number of hydrogen-bond donors (Lipinski definition) is 2. The quantitative estimate of drug-likeness (QED) is 0.675. The first-order chi connectivity index (χ1) is 8.62. The van der Waals surface area contributed by atoms with Crippen molar-refractivity contribution in [3.63, 3.8) is 0 Å². The molecule has 1 aliphatic carbocycles. The molecule has 3 heteroatoms. The minimum atomic E-state index is 0.243. The van der Waals surface area contributed by atoms with Crippen LogP contribution in [-0.4, -0.2) is 33.1 Å². The third-order valence-corrected chi connectivity index (χ3v) is 4.14. The smallest absolute Gasteiger partial charge is 0.220 e. The third-order valence-electron chi connectivity index (χ3n) is 4.14. The van der Waals surface area contributed by atoms with Gasteiger partial charge >= 0.3 is 0 Å². The van der Waals surface area contributed by atoms with Gasteiger partial charge in [-0.05, 0) is 29.6 Å². The molecule has 2 N–H and O–H groups in total. The molecule has 0 heterocycles. The van der Waals surface area contributed by atoms with Gasteiger partial charge in [0, 0.05) is 19.4 Å². The Balaban J connectivity index is 2.19. The molecular formula is C16H33N2O+. The Morgan fingerprint density at radius 3 is 2.53 bits per heavy atom. The Morgan fingerprint density at radius 1 is 1.37 bits per heavy atom. The summed E-state index contributed by atoms with van der Waals surface area (Å²) in [6, 6.07) is 0. The van der Waals surface area contributed by atoms with Crippen molar-refractivity contribution >= 4 is 5.91 Å². The molecule has 0 aliphatic heterocycles. The Labute approximate surface area is 119 Å². The van der Waals surface area contributed by atoms with Gasteiger partial charge in [-0.3, -0.25) is 4.79 Å². The summed E-state index contributed by atoms with van der Waals surface area (Å²) in [5, 5.41) is 3.07. The molecule has 19 heavy (non-hydrogen) atoms. The number of hydrogen-bond acceptors (Lipinski definition) is 1. The van der Waals surface area contributed by atoms with Crippen molar-refractivity contribution < 1.29 is 9.69 Å². The van der Waals surface area contributed by atoms with E-state index < -0.39 is 0 Å². The first kappa shape index (κ1) is 16.5. The second-order valence-corrected chi connectivity index (χ2v) is 8.16. The van der Waals surface area contributed by atoms with E-state index in [0.717, 1.165) is 25.4 Å². The van der Waals surface area contributed by atoms with Gasteiger partial charge in [0.2, 0.25) is 5.91 Å². The van der Waals surface area contributed by atoms with Crippen LogP contribution in [0.3, 0.4) is 0 Å². The van der Waals surface area contributed by atoms with E-state index in [2.05, 4.69) is 47.1 Å². The Bertz CT molecular complexity index is 306. The van der Waals surface area contributed by atoms with Crippen LogP contribution < -0.4 is 10.2 Å². The fraction of sp³-hybridized carbons (Fsp3) is 0.938. The van der Waals surface area contributed by atoms with E-state index in [1.54, 1.807) is 0 Å². The lowest BCUT2D eigenvalue weighted by Crippen LogP contribution is -3.05. The first-order valence-electron chi connectivity index (χ1n) is 7.68. The molecule has 112 valence electrons. The predicted molar refractivity (Wildman–Crippen MR) is 80.2 cm³/mol. The van der Waals surface area contributed by atoms with Crippen molar-refractivity contribution in [3.8, 4) is 0 Å². The SMILES string of the molecule is C[NH+](C)CCCNC(=O)CC1(C)CC1CC(C)(C)C. The summed E-state index contributed by atoms with van der Waals surface area (Å²) in [4.78, 5) is 13.4. The van der Waals surface area contributed by atoms with E-state index in [9.17, 15) is 4.79 Å². The molecule has 1 aliphatic rings. The largest absolute Gasteiger partial charge is 0.356 e. The number of rotatable bonds is 7. The molecule has 2 unspecified atom stereocenters. The first-order valence-corrected chi connectivity index (χ1v) is 7.68. The van der Waals surface area contributed by atoms with Crippen molar-refractivity contribution in [1.29, 1.82) is 0 Å². The molecule has 0 bridgehead atoms. The predicted octanol–water partition coefficient (Wildman–Crippen LogP) is 1.49. The Hall–Kier alpha value is -0.570. The molecule has 1 saturated carbocycles. The lowest BCUT2D eigenvalue weighted by molar-refractivity contribution is -0.858. The van der Waals surface area contributed by atoms with Crippen molar-refractivity contribution in [2.45, 2.75) is 53.4 Å². The number of carbonyl (C=O) groups excluding carboxylic acids is 1. The second-order valence-electron chi connectivity index (χ2n) is 8.16. The molecule has 0 aromatic carbocycles. The van der Waals surface area contributed by atoms with Gasteiger partial charge in [0.05, 0.1) is 20.6 Å². The van der Waals surface area contributed by atoms with Gasteiger partial charge in [-0.1, -0.05) is 27.7 Å². The summed E-state index contributed by atoms with van der Waals surface area (Å²) >= 11 is 0. The van der Waals surface area contributed by atoms with Crippen LogP contribution in [0.15, 0.2) is 0 Å². The summed E-state index contributed by atoms with van der Waals surface area (Å²) in [5.74, 6) is 0.983. The van der Waals surface area contributed by atoms with Gasteiger partial charge in [-0.15, -0.1) is 0 Å². The van der Waals surface area contributed by atoms with Gasteiger partial charge in [0.25, 0.3) is 0 Å². The van der Waals surface area contributed by atoms with Crippen LogP contribution in [0.5, 0.6) is 0 Å². The number of carbonyl (C=O) groups is 1. The van der Waals surface area contributed by atoms with Gasteiger partial charge in [-0.2, -0.15) is 0 Å². The minimum absolute atomic E-state index is 0.243. The van der Waals surface area contributed by atoms with Crippen LogP contribution >= 0.6 is 0 Å². The lowest BCUT2D eigenvalue weighted by Gasteiger charge is -2.20. The highest BCUT2D eigenvalue weighted by molar-refractivity contribution is 5.77. The zero-order valence-electron chi connectivity index (χ0n) is 13.7. The molecule has 1 rings (SSSR count). The van der Waals surface area contributed by atoms with Crippen molar-refractivity contribution in [2.75, 3.05) is 27.2 Å². The summed E-state index contributed by atoms with van der Waals surface area (Å²) in [7, 11) is 4.29. The average molecular weight is 269 g/mol. The highest BCUT2D eigenvalue weighted by Crippen LogP contribution is 2.58. The van der Waals surface area contributed by atoms with Crippen LogP contribution in [0, 0.1) is 16.7 Å². The van der Waals surface area contributed by atoms with E-state index in [-0.39, 0.29) is 11.3 Å². The van der Waals surface area contributed by atoms with Crippen molar-refractivity contribution in [1.82, 2.24) is 5.32 Å². The molecule has 1 amide bonds. The van der Waals surface area contributed by atoms with Crippen LogP contribution in [-0.2, 0) is 4.79 Å². The van der Waals surface area contributed by atoms with E-state index in [4.69, 9.17) is 0 Å². The van der Waals surface area contributed by atoms with Crippen LogP contribution in [0.1, 0.15) is 53.4 Å². The monoisotopic (exact) mass is 269 g/mol. The highest BCUT2D eigenvalue weighted by Gasteiger charge is 2.51. The van der Waals surface area contributed by atoms with Gasteiger partial charge in [0.15, 0.2) is 0 Å². The maximum absolute atomic E-state index is 11.9. The molecule has 3 nitrogen and oxygen atoms in total. The molecule has 0 spiro atoms. The van der Waals surface area contributed by atoms with Crippen LogP contribution in [0.2, 0.25) is 0 Å². The normalized spacial score (nSPS) is 26.6. The summed E-state index contributed by atoms with van der Waals surface area (Å²) in [6.45, 7) is 11.1. The molecule has 0 saturated heterocycles. The number of nitrogens with one attached hydrogen (secondary N) is 2. The molecule has 1 fully saturated rings. The molecule has 2 atom stereocenters.